The third-order valence-electron chi connectivity index (χ3n) is 2.54. The largest absolute Gasteiger partial charge is 0.430 e. The molecule has 100 valence electrons. The van der Waals surface area contributed by atoms with Gasteiger partial charge in [-0.25, -0.2) is 5.16 Å². The molecule has 19 heavy (non-hydrogen) atoms. The van der Waals surface area contributed by atoms with E-state index in [1.165, 1.54) is 0 Å². The summed E-state index contributed by atoms with van der Waals surface area (Å²) in [7, 11) is -2.68. The second-order valence-corrected chi connectivity index (χ2v) is 6.72. The third-order valence-corrected chi connectivity index (χ3v) is 3.66. The lowest BCUT2D eigenvalue weighted by atomic mass is 10.2. The molecule has 0 atom stereocenters. The fourth-order valence-corrected chi connectivity index (χ4v) is 2.83. The summed E-state index contributed by atoms with van der Waals surface area (Å²) in [5.74, 6) is 1.36. The zero-order chi connectivity index (χ0) is 13.9. The predicted octanol–water partition coefficient (Wildman–Crippen LogP) is 5.00. The van der Waals surface area contributed by atoms with Gasteiger partial charge in [-0.3, -0.25) is 0 Å². The molecule has 0 unspecified atom stereocenters. The van der Waals surface area contributed by atoms with Crippen molar-refractivity contribution < 1.29 is 9.05 Å². The normalized spacial score (nSPS) is 11.1. The van der Waals surface area contributed by atoms with E-state index >= 15 is 0 Å². The Labute approximate surface area is 114 Å². The lowest BCUT2D eigenvalue weighted by molar-refractivity contribution is 0.478. The molecule has 0 aromatic heterocycles. The molecule has 0 fully saturated rings. The summed E-state index contributed by atoms with van der Waals surface area (Å²) in [4.78, 5) is 0. The molecule has 0 aliphatic rings. The maximum Gasteiger partial charge on any atom is 0.308 e. The van der Waals surface area contributed by atoms with Crippen LogP contribution in [-0.4, -0.2) is 6.66 Å². The Morgan fingerprint density at radius 3 is 1.63 bits per heavy atom. The van der Waals surface area contributed by atoms with Crippen molar-refractivity contribution in [1.29, 1.82) is 5.16 Å². The van der Waals surface area contributed by atoms with Crippen LogP contribution >= 0.6 is 7.51 Å². The van der Waals surface area contributed by atoms with Crippen LogP contribution in [0.4, 0.5) is 0 Å². The zero-order valence-electron chi connectivity index (χ0n) is 11.4. The van der Waals surface area contributed by atoms with E-state index in [0.29, 0.717) is 11.5 Å². The van der Waals surface area contributed by atoms with E-state index in [0.717, 1.165) is 11.1 Å². The molecule has 0 heterocycles. The molecule has 1 N–H and O–H groups in total. The number of rotatable bonds is 4. The minimum atomic E-state index is -2.68. The molecule has 0 saturated heterocycles. The molecule has 0 spiro atoms. The van der Waals surface area contributed by atoms with Crippen molar-refractivity contribution in [2.75, 3.05) is 6.66 Å². The highest BCUT2D eigenvalue weighted by molar-refractivity contribution is 7.55. The zero-order valence-corrected chi connectivity index (χ0v) is 12.3. The minimum absolute atomic E-state index is 0.679. The van der Waals surface area contributed by atoms with E-state index in [1.54, 1.807) is 6.66 Å². The van der Waals surface area contributed by atoms with Gasteiger partial charge in [-0.05, 0) is 49.2 Å². The fourth-order valence-electron chi connectivity index (χ4n) is 1.77. The van der Waals surface area contributed by atoms with Crippen molar-refractivity contribution in [3.05, 3.63) is 59.7 Å². The van der Waals surface area contributed by atoms with Gasteiger partial charge in [-0.2, -0.15) is 0 Å². The van der Waals surface area contributed by atoms with Gasteiger partial charge in [0.2, 0.25) is 0 Å². The lowest BCUT2D eigenvalue weighted by Crippen LogP contribution is -1.98. The van der Waals surface area contributed by atoms with Crippen LogP contribution in [-0.2, 0) is 0 Å². The first-order chi connectivity index (χ1) is 8.94. The molecule has 3 nitrogen and oxygen atoms in total. The van der Waals surface area contributed by atoms with Crippen molar-refractivity contribution in [2.24, 2.45) is 0 Å². The van der Waals surface area contributed by atoms with E-state index in [1.807, 2.05) is 62.4 Å². The Hall–Kier alpha value is -1.73. The van der Waals surface area contributed by atoms with Crippen LogP contribution in [0.25, 0.3) is 0 Å². The number of hydrogen-bond donors (Lipinski definition) is 1. The SMILES string of the molecule is Cc1cccc(OP(C)(=N)Oc2cccc(C)c2)c1. The van der Waals surface area contributed by atoms with E-state index in [4.69, 9.17) is 14.2 Å². The minimum Gasteiger partial charge on any atom is -0.430 e. The number of aryl methyl sites for hydroxylation is 2. The van der Waals surface area contributed by atoms with Crippen LogP contribution in [0, 0.1) is 19.0 Å². The summed E-state index contributed by atoms with van der Waals surface area (Å²) in [6.07, 6.45) is 0. The Morgan fingerprint density at radius 2 is 1.26 bits per heavy atom. The molecule has 0 radical (unpaired) electrons. The average Bonchev–Trinajstić information content (AvgIpc) is 2.27. The van der Waals surface area contributed by atoms with Crippen molar-refractivity contribution in [3.8, 4) is 11.5 Å². The van der Waals surface area contributed by atoms with Gasteiger partial charge >= 0.3 is 7.51 Å². The van der Waals surface area contributed by atoms with Gasteiger partial charge in [0, 0.05) is 6.66 Å². The highest BCUT2D eigenvalue weighted by atomic mass is 31.2. The average molecular weight is 275 g/mol. The number of benzene rings is 2. The molecule has 4 heteroatoms. The second kappa shape index (κ2) is 5.50. The smallest absolute Gasteiger partial charge is 0.308 e. The van der Waals surface area contributed by atoms with Gasteiger partial charge in [0.05, 0.1) is 0 Å². The highest BCUT2D eigenvalue weighted by Gasteiger charge is 2.15. The molecule has 0 bridgehead atoms. The second-order valence-electron chi connectivity index (χ2n) is 4.66. The summed E-state index contributed by atoms with van der Waals surface area (Å²) in [5, 5.41) is 8.21. The maximum absolute atomic E-state index is 8.21. The van der Waals surface area contributed by atoms with E-state index in [-0.39, 0.29) is 0 Å². The molecule has 0 aliphatic heterocycles. The Morgan fingerprint density at radius 1 is 0.842 bits per heavy atom. The van der Waals surface area contributed by atoms with Crippen LogP contribution in [0.3, 0.4) is 0 Å². The van der Waals surface area contributed by atoms with Crippen molar-refractivity contribution in [3.63, 3.8) is 0 Å². The van der Waals surface area contributed by atoms with Crippen molar-refractivity contribution >= 4 is 7.51 Å². The summed E-state index contributed by atoms with van der Waals surface area (Å²) < 4.78 is 11.4. The highest BCUT2D eigenvalue weighted by Crippen LogP contribution is 2.45. The molecule has 2 aromatic carbocycles. The summed E-state index contributed by atoms with van der Waals surface area (Å²) in [6, 6.07) is 15.3. The first-order valence-corrected chi connectivity index (χ1v) is 8.16. The number of hydrogen-bond acceptors (Lipinski definition) is 3. The van der Waals surface area contributed by atoms with Crippen molar-refractivity contribution in [1.82, 2.24) is 0 Å². The van der Waals surface area contributed by atoms with Crippen molar-refractivity contribution in [2.45, 2.75) is 13.8 Å². The van der Waals surface area contributed by atoms with Gasteiger partial charge < -0.3 is 9.05 Å². The topological polar surface area (TPSA) is 42.3 Å². The molecular formula is C15H18NO2P. The van der Waals surface area contributed by atoms with Crippen LogP contribution in [0.1, 0.15) is 11.1 Å². The van der Waals surface area contributed by atoms with Gasteiger partial charge in [-0.15, -0.1) is 0 Å². The predicted molar refractivity (Wildman–Crippen MR) is 79.2 cm³/mol. The van der Waals surface area contributed by atoms with Gasteiger partial charge in [0.25, 0.3) is 0 Å². The van der Waals surface area contributed by atoms with Gasteiger partial charge in [0.1, 0.15) is 11.5 Å². The first kappa shape index (κ1) is 13.7. The molecule has 0 aliphatic carbocycles. The van der Waals surface area contributed by atoms with Gasteiger partial charge in [0.15, 0.2) is 0 Å². The van der Waals surface area contributed by atoms with Crippen LogP contribution < -0.4 is 9.05 Å². The lowest BCUT2D eigenvalue weighted by Gasteiger charge is -2.20. The summed E-state index contributed by atoms with van der Waals surface area (Å²) in [5.41, 5.74) is 2.21. The maximum atomic E-state index is 8.21. The Bertz CT molecular complexity index is 574. The Kier molecular flexibility index (Phi) is 3.96. The third kappa shape index (κ3) is 4.15. The molecule has 2 aromatic rings. The summed E-state index contributed by atoms with van der Waals surface area (Å²) in [6.45, 7) is 5.68. The fraction of sp³-hybridized carbons (Fsp3) is 0.200. The molecule has 0 saturated carbocycles. The monoisotopic (exact) mass is 275 g/mol. The standard InChI is InChI=1S/C15H18NO2P/c1-12-6-4-8-14(10-12)17-19(3,16)18-15-9-5-7-13(2)11-15/h4-11,16H,1-3H3. The molecular weight excluding hydrogens is 257 g/mol. The van der Waals surface area contributed by atoms with Crippen LogP contribution in [0.15, 0.2) is 48.5 Å². The van der Waals surface area contributed by atoms with Crippen LogP contribution in [0.5, 0.6) is 11.5 Å². The van der Waals surface area contributed by atoms with Crippen LogP contribution in [0.2, 0.25) is 0 Å². The van der Waals surface area contributed by atoms with E-state index in [9.17, 15) is 0 Å². The molecule has 2 rings (SSSR count). The van der Waals surface area contributed by atoms with E-state index < -0.39 is 7.51 Å². The summed E-state index contributed by atoms with van der Waals surface area (Å²) >= 11 is 0. The quantitative estimate of drug-likeness (QED) is 0.798. The Balaban J connectivity index is 2.12. The molecule has 0 amide bonds. The number of nitrogens with one attached hydrogen (secondary N) is 1. The first-order valence-electron chi connectivity index (χ1n) is 6.09. The van der Waals surface area contributed by atoms with E-state index in [2.05, 4.69) is 0 Å². The van der Waals surface area contributed by atoms with Gasteiger partial charge in [-0.1, -0.05) is 24.3 Å².